The second-order valence-electron chi connectivity index (χ2n) is 12.4. The summed E-state index contributed by atoms with van der Waals surface area (Å²) in [6.07, 6.45) is 4.71. The van der Waals surface area contributed by atoms with E-state index in [1.54, 1.807) is 12.5 Å². The van der Waals surface area contributed by atoms with Gasteiger partial charge in [-0.3, -0.25) is 4.79 Å². The van der Waals surface area contributed by atoms with Gasteiger partial charge in [0.25, 0.3) is 0 Å². The van der Waals surface area contributed by atoms with Crippen LogP contribution in [0.2, 0.25) is 0 Å². The molecule has 31 heavy (non-hydrogen) atoms. The van der Waals surface area contributed by atoms with Crippen LogP contribution in [0.3, 0.4) is 0 Å². The Morgan fingerprint density at radius 1 is 0.935 bits per heavy atom. The van der Waals surface area contributed by atoms with Gasteiger partial charge in [0, 0.05) is 29.6 Å². The summed E-state index contributed by atoms with van der Waals surface area (Å²) in [6, 6.07) is 1.98. The molecule has 5 heteroatoms. The van der Waals surface area contributed by atoms with Gasteiger partial charge in [-0.1, -0.05) is 34.6 Å². The number of fused-ring (bicyclic) bond motifs is 5. The van der Waals surface area contributed by atoms with E-state index in [9.17, 15) is 20.1 Å². The van der Waals surface area contributed by atoms with E-state index in [0.717, 1.165) is 18.4 Å². The molecular weight excluding hydrogens is 392 g/mol. The number of hydrogen-bond acceptors (Lipinski definition) is 5. The first kappa shape index (κ1) is 21.7. The number of Topliss-reactive ketones (excluding diaryl/α,β-unsaturated/α-hetero) is 1. The number of rotatable bonds is 1. The van der Waals surface area contributed by atoms with E-state index in [4.69, 9.17) is 4.42 Å². The van der Waals surface area contributed by atoms with Crippen LogP contribution in [0.1, 0.15) is 78.2 Å². The first-order valence-corrected chi connectivity index (χ1v) is 12.0. The molecule has 0 amide bonds. The van der Waals surface area contributed by atoms with Crippen molar-refractivity contribution in [3.63, 3.8) is 0 Å². The number of hydrogen-bond donors (Lipinski definition) is 3. The summed E-state index contributed by atoms with van der Waals surface area (Å²) in [5, 5.41) is 33.8. The standard InChI is InChI=1S/C26H38O5/c1-23(2)18-11-20(29)26(5)17(25(18,4)21(30)12-19(23)28)6-8-24(3)15(10-16(27)22(24)26)14-7-9-31-13-14/h7,9,13,15,17-22,28-30H,6,8,10-12H2,1-5H3. The maximum atomic E-state index is 13.6. The molecule has 10 unspecified atom stereocenters. The van der Waals surface area contributed by atoms with Gasteiger partial charge in [0.1, 0.15) is 5.78 Å². The molecule has 0 radical (unpaired) electrons. The molecule has 1 aromatic heterocycles. The minimum Gasteiger partial charge on any atom is -0.472 e. The number of ketones is 1. The molecule has 3 N–H and O–H groups in total. The molecule has 172 valence electrons. The van der Waals surface area contributed by atoms with Crippen molar-refractivity contribution in [3.8, 4) is 0 Å². The number of carbonyl (C=O) groups excluding carboxylic acids is 1. The molecule has 0 spiro atoms. The molecule has 1 heterocycles. The molecule has 0 saturated heterocycles. The van der Waals surface area contributed by atoms with Crippen molar-refractivity contribution < 1.29 is 24.5 Å². The second-order valence-corrected chi connectivity index (χ2v) is 12.4. The van der Waals surface area contributed by atoms with Gasteiger partial charge in [0.05, 0.1) is 30.8 Å². The normalized spacial score (nSPS) is 53.5. The first-order valence-electron chi connectivity index (χ1n) is 12.0. The van der Waals surface area contributed by atoms with Crippen molar-refractivity contribution in [1.29, 1.82) is 0 Å². The van der Waals surface area contributed by atoms with Crippen molar-refractivity contribution >= 4 is 5.78 Å². The van der Waals surface area contributed by atoms with Gasteiger partial charge >= 0.3 is 0 Å². The minimum atomic E-state index is -0.636. The van der Waals surface area contributed by atoms with Crippen LogP contribution in [0.5, 0.6) is 0 Å². The molecule has 5 rings (SSSR count). The van der Waals surface area contributed by atoms with Crippen molar-refractivity contribution in [2.24, 2.45) is 39.4 Å². The quantitative estimate of drug-likeness (QED) is 0.628. The predicted octanol–water partition coefficient (Wildman–Crippen LogP) is 3.91. The highest BCUT2D eigenvalue weighted by Gasteiger charge is 2.73. The lowest BCUT2D eigenvalue weighted by molar-refractivity contribution is -0.274. The van der Waals surface area contributed by atoms with Crippen molar-refractivity contribution in [1.82, 2.24) is 0 Å². The molecule has 0 aliphatic heterocycles. The van der Waals surface area contributed by atoms with Crippen LogP contribution in [-0.2, 0) is 4.79 Å². The van der Waals surface area contributed by atoms with E-state index in [1.165, 1.54) is 0 Å². The summed E-state index contributed by atoms with van der Waals surface area (Å²) < 4.78 is 5.36. The number of aliphatic hydroxyl groups excluding tert-OH is 3. The van der Waals surface area contributed by atoms with Gasteiger partial charge in [0.2, 0.25) is 0 Å². The van der Waals surface area contributed by atoms with Gasteiger partial charge < -0.3 is 19.7 Å². The SMILES string of the molecule is CC1(C)C(O)CC(O)C2(C)C1CC(O)C1(C)C3C(=O)CC(c4ccoc4)C3(C)CCC21. The minimum absolute atomic E-state index is 0.00245. The molecule has 1 aromatic rings. The van der Waals surface area contributed by atoms with Gasteiger partial charge in [-0.15, -0.1) is 0 Å². The summed E-state index contributed by atoms with van der Waals surface area (Å²) >= 11 is 0. The predicted molar refractivity (Wildman–Crippen MR) is 116 cm³/mol. The molecule has 10 atom stereocenters. The molecule has 5 nitrogen and oxygen atoms in total. The lowest BCUT2D eigenvalue weighted by atomic mass is 9.35. The molecule has 4 saturated carbocycles. The van der Waals surface area contributed by atoms with Crippen molar-refractivity contribution in [3.05, 3.63) is 24.2 Å². The highest BCUT2D eigenvalue weighted by molar-refractivity contribution is 5.87. The third-order valence-electron chi connectivity index (χ3n) is 11.1. The Kier molecular flexibility index (Phi) is 4.51. The van der Waals surface area contributed by atoms with E-state index in [-0.39, 0.29) is 34.9 Å². The van der Waals surface area contributed by atoms with Crippen LogP contribution >= 0.6 is 0 Å². The van der Waals surface area contributed by atoms with E-state index in [2.05, 4.69) is 34.6 Å². The largest absolute Gasteiger partial charge is 0.472 e. The van der Waals surface area contributed by atoms with E-state index in [1.807, 2.05) is 6.07 Å². The van der Waals surface area contributed by atoms with Crippen LogP contribution in [0.25, 0.3) is 0 Å². The molecular formula is C26H38O5. The summed E-state index contributed by atoms with van der Waals surface area (Å²) in [4.78, 5) is 13.6. The molecule has 0 aromatic carbocycles. The molecule has 4 aliphatic rings. The second kappa shape index (κ2) is 6.45. The van der Waals surface area contributed by atoms with E-state index in [0.29, 0.717) is 19.3 Å². The van der Waals surface area contributed by atoms with Gasteiger partial charge in [-0.25, -0.2) is 0 Å². The van der Waals surface area contributed by atoms with Crippen LogP contribution in [0.4, 0.5) is 0 Å². The molecule has 4 fully saturated rings. The highest BCUT2D eigenvalue weighted by Crippen LogP contribution is 2.74. The van der Waals surface area contributed by atoms with E-state index < -0.39 is 34.6 Å². The summed E-state index contributed by atoms with van der Waals surface area (Å²) in [6.45, 7) is 10.7. The average Bonchev–Trinajstić information content (AvgIpc) is 3.30. The topological polar surface area (TPSA) is 90.9 Å². The van der Waals surface area contributed by atoms with Crippen LogP contribution in [0, 0.1) is 39.4 Å². The molecule has 4 aliphatic carbocycles. The Morgan fingerprint density at radius 3 is 2.26 bits per heavy atom. The van der Waals surface area contributed by atoms with Crippen LogP contribution < -0.4 is 0 Å². The van der Waals surface area contributed by atoms with Gasteiger partial charge in [-0.2, -0.15) is 0 Å². The summed E-state index contributed by atoms with van der Waals surface area (Å²) in [5.41, 5.74) is -0.572. The monoisotopic (exact) mass is 430 g/mol. The zero-order valence-electron chi connectivity index (χ0n) is 19.5. The highest BCUT2D eigenvalue weighted by atomic mass is 16.3. The fraction of sp³-hybridized carbons (Fsp3) is 0.808. The van der Waals surface area contributed by atoms with Crippen molar-refractivity contribution in [2.45, 2.75) is 91.0 Å². The maximum absolute atomic E-state index is 13.6. The van der Waals surface area contributed by atoms with Crippen LogP contribution in [0.15, 0.2) is 23.0 Å². The Balaban J connectivity index is 1.62. The first-order chi connectivity index (χ1) is 14.4. The van der Waals surface area contributed by atoms with Gasteiger partial charge in [0.15, 0.2) is 0 Å². The zero-order chi connectivity index (χ0) is 22.6. The Labute approximate surface area is 185 Å². The smallest absolute Gasteiger partial charge is 0.137 e. The average molecular weight is 431 g/mol. The lowest BCUT2D eigenvalue weighted by Gasteiger charge is -2.70. The third kappa shape index (κ3) is 2.46. The summed E-state index contributed by atoms with van der Waals surface area (Å²) in [7, 11) is 0. The Morgan fingerprint density at radius 2 is 1.61 bits per heavy atom. The van der Waals surface area contributed by atoms with Gasteiger partial charge in [-0.05, 0) is 59.5 Å². The van der Waals surface area contributed by atoms with Crippen LogP contribution in [-0.4, -0.2) is 39.4 Å². The maximum Gasteiger partial charge on any atom is 0.137 e. The summed E-state index contributed by atoms with van der Waals surface area (Å²) in [5.74, 6) is 0.131. The van der Waals surface area contributed by atoms with E-state index >= 15 is 0 Å². The molecule has 0 bridgehead atoms. The Bertz CT molecular complexity index is 876. The third-order valence-corrected chi connectivity index (χ3v) is 11.1. The number of furan rings is 1. The lowest BCUT2D eigenvalue weighted by Crippen LogP contribution is -2.71. The number of carbonyl (C=O) groups is 1. The zero-order valence-corrected chi connectivity index (χ0v) is 19.5. The Hall–Kier alpha value is -1.17. The number of aliphatic hydroxyl groups is 3. The fourth-order valence-corrected chi connectivity index (χ4v) is 9.39. The fourth-order valence-electron chi connectivity index (χ4n) is 9.39. The van der Waals surface area contributed by atoms with Crippen molar-refractivity contribution in [2.75, 3.05) is 0 Å².